The van der Waals surface area contributed by atoms with Gasteiger partial charge >= 0.3 is 5.91 Å². The summed E-state index contributed by atoms with van der Waals surface area (Å²) in [7, 11) is 0. The van der Waals surface area contributed by atoms with E-state index in [-0.39, 0.29) is 18.1 Å². The van der Waals surface area contributed by atoms with E-state index in [1.54, 1.807) is 54.9 Å². The number of hydrogen-bond acceptors (Lipinski definition) is 6. The van der Waals surface area contributed by atoms with Crippen LogP contribution in [0.1, 0.15) is 38.9 Å². The van der Waals surface area contributed by atoms with Gasteiger partial charge in [0.1, 0.15) is 0 Å². The maximum absolute atomic E-state index is 12.2. The molecular formula is C20H19N5O4. The largest absolute Gasteiger partial charge is 0.459 e. The van der Waals surface area contributed by atoms with E-state index in [1.165, 1.54) is 12.3 Å². The van der Waals surface area contributed by atoms with Gasteiger partial charge in [0.25, 0.3) is 5.91 Å². The van der Waals surface area contributed by atoms with Crippen LogP contribution in [0, 0.1) is 0 Å². The topological polar surface area (TPSA) is 139 Å². The number of anilines is 1. The normalized spacial score (nSPS) is 11.3. The van der Waals surface area contributed by atoms with Crippen molar-refractivity contribution in [2.45, 2.75) is 12.5 Å². The average Bonchev–Trinajstić information content (AvgIpc) is 3.28. The summed E-state index contributed by atoms with van der Waals surface area (Å²) in [6, 6.07) is 12.4. The van der Waals surface area contributed by atoms with Crippen LogP contribution < -0.4 is 21.9 Å². The van der Waals surface area contributed by atoms with Gasteiger partial charge in [-0.15, -0.1) is 0 Å². The standard InChI is InChI=1S/C20H19N5O4/c21-16(12-18(26)24-25-20(28)17-2-1-11-29-17)13-3-5-14(6-4-13)19(27)23-15-7-9-22-10-8-15/h1-11,16H,12,21H2,(H,24,26)(H,25,28)(H,22,23,27). The van der Waals surface area contributed by atoms with Crippen molar-refractivity contribution >= 4 is 23.4 Å². The molecule has 0 fully saturated rings. The van der Waals surface area contributed by atoms with Crippen LogP contribution in [0.2, 0.25) is 0 Å². The molecule has 2 heterocycles. The van der Waals surface area contributed by atoms with Gasteiger partial charge in [0.15, 0.2) is 5.76 Å². The Morgan fingerprint density at radius 1 is 0.966 bits per heavy atom. The van der Waals surface area contributed by atoms with E-state index in [2.05, 4.69) is 21.2 Å². The molecule has 2 aromatic heterocycles. The second-order valence-corrected chi connectivity index (χ2v) is 6.10. The van der Waals surface area contributed by atoms with Gasteiger partial charge < -0.3 is 15.5 Å². The third-order valence-electron chi connectivity index (χ3n) is 4.00. The molecule has 1 atom stereocenters. The number of nitrogens with two attached hydrogens (primary N) is 1. The number of amides is 3. The Morgan fingerprint density at radius 3 is 2.34 bits per heavy atom. The predicted molar refractivity (Wildman–Crippen MR) is 104 cm³/mol. The van der Waals surface area contributed by atoms with Crippen molar-refractivity contribution in [3.63, 3.8) is 0 Å². The lowest BCUT2D eigenvalue weighted by Crippen LogP contribution is -2.42. The van der Waals surface area contributed by atoms with Crippen molar-refractivity contribution in [3.8, 4) is 0 Å². The molecule has 1 unspecified atom stereocenters. The number of benzene rings is 1. The molecule has 148 valence electrons. The SMILES string of the molecule is NC(CC(=O)NNC(=O)c1ccco1)c1ccc(C(=O)Nc2ccncc2)cc1. The summed E-state index contributed by atoms with van der Waals surface area (Å²) in [5, 5.41) is 2.76. The molecule has 0 bridgehead atoms. The highest BCUT2D eigenvalue weighted by Gasteiger charge is 2.15. The number of carbonyl (C=O) groups is 3. The third-order valence-corrected chi connectivity index (χ3v) is 4.00. The van der Waals surface area contributed by atoms with Crippen molar-refractivity contribution in [1.29, 1.82) is 0 Å². The van der Waals surface area contributed by atoms with Gasteiger partial charge in [-0.25, -0.2) is 0 Å². The molecule has 0 aliphatic heterocycles. The average molecular weight is 393 g/mol. The third kappa shape index (κ3) is 5.50. The minimum atomic E-state index is -0.604. The van der Waals surface area contributed by atoms with E-state index in [0.717, 1.165) is 0 Å². The molecule has 0 spiro atoms. The van der Waals surface area contributed by atoms with Crippen LogP contribution in [0.5, 0.6) is 0 Å². The van der Waals surface area contributed by atoms with Crippen LogP contribution in [-0.4, -0.2) is 22.7 Å². The molecule has 3 rings (SSSR count). The van der Waals surface area contributed by atoms with Gasteiger partial charge in [-0.3, -0.25) is 30.2 Å². The maximum atomic E-state index is 12.2. The van der Waals surface area contributed by atoms with Crippen LogP contribution in [0.25, 0.3) is 0 Å². The number of hydrazine groups is 1. The molecule has 0 aliphatic carbocycles. The molecule has 9 nitrogen and oxygen atoms in total. The number of carbonyl (C=O) groups excluding carboxylic acids is 3. The first-order chi connectivity index (χ1) is 14.0. The maximum Gasteiger partial charge on any atom is 0.305 e. The predicted octanol–water partition coefficient (Wildman–Crippen LogP) is 1.78. The highest BCUT2D eigenvalue weighted by molar-refractivity contribution is 6.04. The fraction of sp³-hybridized carbons (Fsp3) is 0.100. The first-order valence-electron chi connectivity index (χ1n) is 8.72. The van der Waals surface area contributed by atoms with Gasteiger partial charge in [0.05, 0.1) is 6.26 Å². The molecule has 9 heteroatoms. The van der Waals surface area contributed by atoms with Crippen molar-refractivity contribution in [2.24, 2.45) is 5.73 Å². The lowest BCUT2D eigenvalue weighted by Gasteiger charge is -2.13. The van der Waals surface area contributed by atoms with E-state index in [4.69, 9.17) is 10.2 Å². The smallest absolute Gasteiger partial charge is 0.305 e. The van der Waals surface area contributed by atoms with Gasteiger partial charge in [0, 0.05) is 36.1 Å². The molecule has 0 aliphatic rings. The van der Waals surface area contributed by atoms with E-state index in [0.29, 0.717) is 16.8 Å². The fourth-order valence-corrected chi connectivity index (χ4v) is 2.48. The summed E-state index contributed by atoms with van der Waals surface area (Å²) in [5.41, 5.74) is 12.3. The summed E-state index contributed by atoms with van der Waals surface area (Å²) in [5.74, 6) is -1.22. The molecule has 1 aromatic carbocycles. The summed E-state index contributed by atoms with van der Waals surface area (Å²) in [6.45, 7) is 0. The monoisotopic (exact) mass is 393 g/mol. The van der Waals surface area contributed by atoms with Gasteiger partial charge in [-0.2, -0.15) is 0 Å². The molecule has 0 saturated carbocycles. The van der Waals surface area contributed by atoms with E-state index in [9.17, 15) is 14.4 Å². The number of rotatable bonds is 6. The molecule has 29 heavy (non-hydrogen) atoms. The number of pyridine rings is 1. The number of nitrogens with one attached hydrogen (secondary N) is 3. The summed E-state index contributed by atoms with van der Waals surface area (Å²) >= 11 is 0. The summed E-state index contributed by atoms with van der Waals surface area (Å²) < 4.78 is 4.92. The van der Waals surface area contributed by atoms with Crippen LogP contribution in [0.15, 0.2) is 71.6 Å². The van der Waals surface area contributed by atoms with Crippen LogP contribution >= 0.6 is 0 Å². The Kier molecular flexibility index (Phi) is 6.33. The minimum Gasteiger partial charge on any atom is -0.459 e. The number of hydrogen-bond donors (Lipinski definition) is 4. The molecular weight excluding hydrogens is 374 g/mol. The Bertz CT molecular complexity index is 972. The Morgan fingerprint density at radius 2 is 1.69 bits per heavy atom. The first kappa shape index (κ1) is 19.8. The van der Waals surface area contributed by atoms with Crippen molar-refractivity contribution < 1.29 is 18.8 Å². The molecule has 3 aromatic rings. The molecule has 5 N–H and O–H groups in total. The Balaban J connectivity index is 1.50. The molecule has 0 radical (unpaired) electrons. The van der Waals surface area contributed by atoms with Crippen LogP contribution in [-0.2, 0) is 4.79 Å². The van der Waals surface area contributed by atoms with Gasteiger partial charge in [-0.1, -0.05) is 12.1 Å². The van der Waals surface area contributed by atoms with E-state index >= 15 is 0 Å². The minimum absolute atomic E-state index is 0.0546. The van der Waals surface area contributed by atoms with Crippen molar-refractivity contribution in [1.82, 2.24) is 15.8 Å². The second-order valence-electron chi connectivity index (χ2n) is 6.10. The van der Waals surface area contributed by atoms with Crippen molar-refractivity contribution in [2.75, 3.05) is 5.32 Å². The number of aromatic nitrogens is 1. The van der Waals surface area contributed by atoms with Gasteiger partial charge in [-0.05, 0) is 42.0 Å². The Hall–Kier alpha value is -3.98. The first-order valence-corrected chi connectivity index (χ1v) is 8.72. The zero-order valence-electron chi connectivity index (χ0n) is 15.3. The fourth-order valence-electron chi connectivity index (χ4n) is 2.48. The number of furan rings is 1. The van der Waals surface area contributed by atoms with Crippen molar-refractivity contribution in [3.05, 3.63) is 84.1 Å². The Labute approximate surface area is 166 Å². The highest BCUT2D eigenvalue weighted by atomic mass is 16.3. The summed E-state index contributed by atoms with van der Waals surface area (Å²) in [4.78, 5) is 39.8. The van der Waals surface area contributed by atoms with Crippen LogP contribution in [0.4, 0.5) is 5.69 Å². The lowest BCUT2D eigenvalue weighted by molar-refractivity contribution is -0.122. The van der Waals surface area contributed by atoms with Crippen LogP contribution in [0.3, 0.4) is 0 Å². The van der Waals surface area contributed by atoms with Gasteiger partial charge in [0.2, 0.25) is 5.91 Å². The summed E-state index contributed by atoms with van der Waals surface area (Å²) in [6.07, 6.45) is 4.47. The number of nitrogens with zero attached hydrogens (tertiary/aromatic N) is 1. The zero-order valence-corrected chi connectivity index (χ0v) is 15.3. The lowest BCUT2D eigenvalue weighted by atomic mass is 10.0. The van der Waals surface area contributed by atoms with E-state index in [1.807, 2.05) is 0 Å². The quantitative estimate of drug-likeness (QED) is 0.471. The highest BCUT2D eigenvalue weighted by Crippen LogP contribution is 2.16. The van der Waals surface area contributed by atoms with E-state index < -0.39 is 17.9 Å². The zero-order chi connectivity index (χ0) is 20.6. The molecule has 0 saturated heterocycles. The molecule has 3 amide bonds. The second kappa shape index (κ2) is 9.29.